The van der Waals surface area contributed by atoms with Gasteiger partial charge < -0.3 is 9.84 Å². The fourth-order valence-electron chi connectivity index (χ4n) is 2.08. The molecule has 0 unspecified atom stereocenters. The van der Waals surface area contributed by atoms with Crippen molar-refractivity contribution in [1.82, 2.24) is 15.0 Å². The molecule has 0 fully saturated rings. The third-order valence-corrected chi connectivity index (χ3v) is 3.11. The minimum Gasteiger partial charge on any atom is -0.481 e. The summed E-state index contributed by atoms with van der Waals surface area (Å²) in [7, 11) is 0. The highest BCUT2D eigenvalue weighted by Crippen LogP contribution is 2.22. The number of nitrogens with zero attached hydrogens (tertiary/aromatic N) is 3. The molecule has 0 aliphatic carbocycles. The molecule has 0 amide bonds. The van der Waals surface area contributed by atoms with Gasteiger partial charge in [-0.05, 0) is 23.3 Å². The lowest BCUT2D eigenvalue weighted by Gasteiger charge is -2.02. The Labute approximate surface area is 109 Å². The molecule has 0 radical (unpaired) electrons. The lowest BCUT2D eigenvalue weighted by atomic mass is 10.1. The Morgan fingerprint density at radius 2 is 2.21 bits per heavy atom. The molecular formula is C13H13N3O3. The summed E-state index contributed by atoms with van der Waals surface area (Å²) in [5, 5.41) is 16.6. The van der Waals surface area contributed by atoms with Crippen LogP contribution in [0.25, 0.3) is 5.69 Å². The standard InChI is InChI=1S/C13H13N3O3/c17-13(18)4-2-11-6-16(15-14-11)12-3-1-9-7-19-8-10(9)5-12/h1,3,5-6H,2,4,7-8H2,(H,17,18). The second-order valence-corrected chi connectivity index (χ2v) is 4.49. The van der Waals surface area contributed by atoms with Gasteiger partial charge in [0.2, 0.25) is 0 Å². The van der Waals surface area contributed by atoms with E-state index in [9.17, 15) is 4.79 Å². The number of carboxylic acids is 1. The van der Waals surface area contributed by atoms with Crippen LogP contribution in [0.1, 0.15) is 23.2 Å². The van der Waals surface area contributed by atoms with Crippen LogP contribution in [0.15, 0.2) is 24.4 Å². The van der Waals surface area contributed by atoms with Gasteiger partial charge in [0.15, 0.2) is 0 Å². The number of hydrogen-bond donors (Lipinski definition) is 1. The minimum absolute atomic E-state index is 0.0662. The maximum Gasteiger partial charge on any atom is 0.303 e. The van der Waals surface area contributed by atoms with Crippen molar-refractivity contribution in [2.24, 2.45) is 0 Å². The van der Waals surface area contributed by atoms with E-state index in [1.54, 1.807) is 10.9 Å². The van der Waals surface area contributed by atoms with Gasteiger partial charge in [-0.2, -0.15) is 0 Å². The summed E-state index contributed by atoms with van der Waals surface area (Å²) in [6, 6.07) is 6.01. The van der Waals surface area contributed by atoms with E-state index in [0.717, 1.165) is 5.69 Å². The average Bonchev–Trinajstić information content (AvgIpc) is 3.04. The van der Waals surface area contributed by atoms with Crippen LogP contribution in [0.4, 0.5) is 0 Å². The van der Waals surface area contributed by atoms with Crippen LogP contribution in [0, 0.1) is 0 Å². The first-order valence-electron chi connectivity index (χ1n) is 6.05. The Hall–Kier alpha value is -2.21. The van der Waals surface area contributed by atoms with E-state index in [2.05, 4.69) is 10.3 Å². The van der Waals surface area contributed by atoms with Crippen LogP contribution in [-0.4, -0.2) is 26.1 Å². The zero-order chi connectivity index (χ0) is 13.2. The van der Waals surface area contributed by atoms with Crippen molar-refractivity contribution in [2.75, 3.05) is 0 Å². The van der Waals surface area contributed by atoms with E-state index in [1.165, 1.54) is 11.1 Å². The Bertz CT molecular complexity index is 621. The van der Waals surface area contributed by atoms with Crippen molar-refractivity contribution in [3.05, 3.63) is 41.2 Å². The van der Waals surface area contributed by atoms with Crippen LogP contribution in [0.2, 0.25) is 0 Å². The summed E-state index contributed by atoms with van der Waals surface area (Å²) >= 11 is 0. The van der Waals surface area contributed by atoms with Gasteiger partial charge >= 0.3 is 5.97 Å². The molecular weight excluding hydrogens is 246 g/mol. The monoisotopic (exact) mass is 259 g/mol. The molecule has 0 spiro atoms. The lowest BCUT2D eigenvalue weighted by Crippen LogP contribution is -1.97. The number of ether oxygens (including phenoxy) is 1. The number of aromatic nitrogens is 3. The zero-order valence-corrected chi connectivity index (χ0v) is 10.2. The third-order valence-electron chi connectivity index (χ3n) is 3.11. The smallest absolute Gasteiger partial charge is 0.303 e. The second-order valence-electron chi connectivity index (χ2n) is 4.49. The molecule has 2 aromatic rings. The number of fused-ring (bicyclic) bond motifs is 1. The maximum atomic E-state index is 10.5. The first-order valence-corrected chi connectivity index (χ1v) is 6.05. The predicted octanol–water partition coefficient (Wildman–Crippen LogP) is 1.31. The van der Waals surface area contributed by atoms with E-state index >= 15 is 0 Å². The summed E-state index contributed by atoms with van der Waals surface area (Å²) in [5.74, 6) is -0.829. The van der Waals surface area contributed by atoms with Gasteiger partial charge in [-0.25, -0.2) is 4.68 Å². The number of hydrogen-bond acceptors (Lipinski definition) is 4. The molecule has 1 aliphatic rings. The Morgan fingerprint density at radius 3 is 3.05 bits per heavy atom. The van der Waals surface area contributed by atoms with Crippen LogP contribution < -0.4 is 0 Å². The highest BCUT2D eigenvalue weighted by molar-refractivity contribution is 5.66. The molecule has 1 N–H and O–H groups in total. The quantitative estimate of drug-likeness (QED) is 0.895. The van der Waals surface area contributed by atoms with Crippen molar-refractivity contribution in [2.45, 2.75) is 26.1 Å². The van der Waals surface area contributed by atoms with Gasteiger partial charge in [0.05, 0.1) is 37.2 Å². The van der Waals surface area contributed by atoms with E-state index < -0.39 is 5.97 Å². The molecule has 1 aliphatic heterocycles. The average molecular weight is 259 g/mol. The van der Waals surface area contributed by atoms with E-state index in [1.807, 2.05) is 18.2 Å². The number of rotatable bonds is 4. The van der Waals surface area contributed by atoms with Crippen molar-refractivity contribution in [3.63, 3.8) is 0 Å². The molecule has 1 aromatic carbocycles. The number of carboxylic acid groups (broad SMARTS) is 1. The summed E-state index contributed by atoms with van der Waals surface area (Å²) in [6.07, 6.45) is 2.22. The van der Waals surface area contributed by atoms with Gasteiger partial charge in [0.25, 0.3) is 0 Å². The largest absolute Gasteiger partial charge is 0.481 e. The predicted molar refractivity (Wildman–Crippen MR) is 65.8 cm³/mol. The summed E-state index contributed by atoms with van der Waals surface area (Å²) in [6.45, 7) is 1.29. The van der Waals surface area contributed by atoms with Gasteiger partial charge in [-0.3, -0.25) is 4.79 Å². The first-order chi connectivity index (χ1) is 9.22. The van der Waals surface area contributed by atoms with Gasteiger partial charge in [-0.1, -0.05) is 11.3 Å². The van der Waals surface area contributed by atoms with Crippen LogP contribution in [0.5, 0.6) is 0 Å². The summed E-state index contributed by atoms with van der Waals surface area (Å²) in [5.41, 5.74) is 3.97. The maximum absolute atomic E-state index is 10.5. The molecule has 6 nitrogen and oxygen atoms in total. The topological polar surface area (TPSA) is 77.2 Å². The van der Waals surface area contributed by atoms with Crippen LogP contribution in [-0.2, 0) is 29.2 Å². The molecule has 1 aromatic heterocycles. The molecule has 2 heterocycles. The van der Waals surface area contributed by atoms with E-state index in [-0.39, 0.29) is 6.42 Å². The fourth-order valence-corrected chi connectivity index (χ4v) is 2.08. The summed E-state index contributed by atoms with van der Waals surface area (Å²) < 4.78 is 7.03. The number of carbonyl (C=O) groups is 1. The second kappa shape index (κ2) is 4.81. The van der Waals surface area contributed by atoms with Crippen LogP contribution in [0.3, 0.4) is 0 Å². The number of aliphatic carboxylic acids is 1. The Balaban J connectivity index is 1.80. The molecule has 98 valence electrons. The summed E-state index contributed by atoms with van der Waals surface area (Å²) in [4.78, 5) is 10.5. The highest BCUT2D eigenvalue weighted by atomic mass is 16.5. The van der Waals surface area contributed by atoms with E-state index in [4.69, 9.17) is 9.84 Å². The number of benzene rings is 1. The molecule has 0 atom stereocenters. The van der Waals surface area contributed by atoms with Gasteiger partial charge in [-0.15, -0.1) is 5.10 Å². The SMILES string of the molecule is O=C(O)CCc1cn(-c2ccc3c(c2)COC3)nn1. The molecule has 0 saturated carbocycles. The zero-order valence-electron chi connectivity index (χ0n) is 10.2. The van der Waals surface area contributed by atoms with Gasteiger partial charge in [0, 0.05) is 6.42 Å². The normalized spacial score (nSPS) is 13.5. The molecule has 19 heavy (non-hydrogen) atoms. The fraction of sp³-hybridized carbons (Fsp3) is 0.308. The Kier molecular flexibility index (Phi) is 3.00. The number of aryl methyl sites for hydroxylation is 1. The molecule has 3 rings (SSSR count). The molecule has 0 saturated heterocycles. The van der Waals surface area contributed by atoms with Crippen molar-refractivity contribution in [3.8, 4) is 5.69 Å². The third kappa shape index (κ3) is 2.48. The van der Waals surface area contributed by atoms with Crippen molar-refractivity contribution >= 4 is 5.97 Å². The van der Waals surface area contributed by atoms with Crippen LogP contribution >= 0.6 is 0 Å². The van der Waals surface area contributed by atoms with Gasteiger partial charge in [0.1, 0.15) is 0 Å². The molecule has 6 heteroatoms. The van der Waals surface area contributed by atoms with Crippen molar-refractivity contribution < 1.29 is 14.6 Å². The first kappa shape index (κ1) is 11.9. The Morgan fingerprint density at radius 1 is 1.37 bits per heavy atom. The lowest BCUT2D eigenvalue weighted by molar-refractivity contribution is -0.136. The minimum atomic E-state index is -0.829. The highest BCUT2D eigenvalue weighted by Gasteiger charge is 2.12. The van der Waals surface area contributed by atoms with E-state index in [0.29, 0.717) is 25.3 Å². The molecule has 0 bridgehead atoms. The van der Waals surface area contributed by atoms with Crippen molar-refractivity contribution in [1.29, 1.82) is 0 Å².